The first-order chi connectivity index (χ1) is 16.9. The Balaban J connectivity index is 2.23. The molecule has 0 unspecified atom stereocenters. The predicted molar refractivity (Wildman–Crippen MR) is 145 cm³/mol. The van der Waals surface area contributed by atoms with Crippen molar-refractivity contribution >= 4 is 20.2 Å². The minimum Gasteiger partial charge on any atom is -0.489 e. The smallest absolute Gasteiger partial charge is 0.308 e. The highest BCUT2D eigenvalue weighted by Crippen LogP contribution is 2.38. The molecule has 36 heavy (non-hydrogen) atoms. The molecular weight excluding hydrogens is 472 g/mol. The number of rotatable bonds is 13. The van der Waals surface area contributed by atoms with Crippen LogP contribution >= 0.6 is 0 Å². The number of benzene rings is 2. The second-order valence-corrected chi connectivity index (χ2v) is 15.2. The standard InChI is InChI=1S/C28H42N2O5Si/c1-7-33-27(32)18-25(35-36(5,6)28(2,3)4)24(30-26(31)19-29)17-21-13-15-23(16-14-21)34-20-22-11-9-8-10-12-22/h8-16,24-25H,7,17-20,29H2,1-6H3,(H,30,31)/t24-,25+/m0/s1. The summed E-state index contributed by atoms with van der Waals surface area (Å²) in [7, 11) is -2.26. The van der Waals surface area contributed by atoms with Gasteiger partial charge in [-0.15, -0.1) is 0 Å². The van der Waals surface area contributed by atoms with Crippen molar-refractivity contribution in [1.82, 2.24) is 5.32 Å². The van der Waals surface area contributed by atoms with Gasteiger partial charge in [-0.05, 0) is 54.7 Å². The summed E-state index contributed by atoms with van der Waals surface area (Å²) < 4.78 is 17.8. The van der Waals surface area contributed by atoms with Crippen molar-refractivity contribution in [3.05, 3.63) is 65.7 Å². The fourth-order valence-electron chi connectivity index (χ4n) is 3.46. The Morgan fingerprint density at radius 1 is 1.00 bits per heavy atom. The fourth-order valence-corrected chi connectivity index (χ4v) is 4.82. The summed E-state index contributed by atoms with van der Waals surface area (Å²) in [4.78, 5) is 24.8. The molecule has 3 N–H and O–H groups in total. The Morgan fingerprint density at radius 2 is 1.64 bits per heavy atom. The van der Waals surface area contributed by atoms with Gasteiger partial charge < -0.3 is 25.0 Å². The summed E-state index contributed by atoms with van der Waals surface area (Å²) in [6.07, 6.45) is -0.0215. The van der Waals surface area contributed by atoms with E-state index in [1.165, 1.54) is 0 Å². The van der Waals surface area contributed by atoms with Gasteiger partial charge >= 0.3 is 5.97 Å². The van der Waals surface area contributed by atoms with Gasteiger partial charge in [-0.25, -0.2) is 0 Å². The second kappa shape index (κ2) is 13.6. The van der Waals surface area contributed by atoms with Crippen molar-refractivity contribution in [2.75, 3.05) is 13.2 Å². The topological polar surface area (TPSA) is 99.9 Å². The number of hydrogen-bond donors (Lipinski definition) is 2. The molecule has 0 aliphatic rings. The van der Waals surface area contributed by atoms with Gasteiger partial charge in [0.05, 0.1) is 31.7 Å². The third-order valence-corrected chi connectivity index (χ3v) is 11.0. The number of nitrogens with two attached hydrogens (primary N) is 1. The molecule has 0 aliphatic carbocycles. The van der Waals surface area contributed by atoms with Crippen molar-refractivity contribution in [2.45, 2.75) is 77.4 Å². The maximum absolute atomic E-state index is 12.5. The molecule has 0 aromatic heterocycles. The fraction of sp³-hybridized carbons (Fsp3) is 0.500. The van der Waals surface area contributed by atoms with Crippen LogP contribution in [0.25, 0.3) is 0 Å². The van der Waals surface area contributed by atoms with Crippen molar-refractivity contribution < 1.29 is 23.5 Å². The van der Waals surface area contributed by atoms with E-state index >= 15 is 0 Å². The first-order valence-corrected chi connectivity index (χ1v) is 15.4. The molecule has 0 heterocycles. The van der Waals surface area contributed by atoms with Gasteiger partial charge in [-0.2, -0.15) is 0 Å². The lowest BCUT2D eigenvalue weighted by Crippen LogP contribution is -2.54. The van der Waals surface area contributed by atoms with Crippen molar-refractivity contribution in [3.63, 3.8) is 0 Å². The normalized spacial score (nSPS) is 13.5. The maximum atomic E-state index is 12.5. The quantitative estimate of drug-likeness (QED) is 0.299. The van der Waals surface area contributed by atoms with Gasteiger partial charge in [-0.3, -0.25) is 9.59 Å². The first kappa shape index (κ1) is 29.5. The Labute approximate surface area is 216 Å². The summed E-state index contributed by atoms with van der Waals surface area (Å²) in [6, 6.07) is 17.3. The maximum Gasteiger partial charge on any atom is 0.308 e. The summed E-state index contributed by atoms with van der Waals surface area (Å²) >= 11 is 0. The number of esters is 1. The van der Waals surface area contributed by atoms with Crippen LogP contribution in [0.1, 0.15) is 45.2 Å². The molecule has 7 nitrogen and oxygen atoms in total. The van der Waals surface area contributed by atoms with E-state index in [0.717, 1.165) is 16.9 Å². The van der Waals surface area contributed by atoms with Crippen LogP contribution in [-0.2, 0) is 31.8 Å². The van der Waals surface area contributed by atoms with Crippen LogP contribution in [0.4, 0.5) is 0 Å². The average Bonchev–Trinajstić information content (AvgIpc) is 2.82. The highest BCUT2D eigenvalue weighted by atomic mass is 28.4. The minimum atomic E-state index is -2.26. The van der Waals surface area contributed by atoms with Gasteiger partial charge in [0, 0.05) is 0 Å². The summed E-state index contributed by atoms with van der Waals surface area (Å²) in [5.74, 6) is 0.110. The SMILES string of the molecule is CCOC(=O)C[C@@H](O[Si](C)(C)C(C)(C)C)[C@H](Cc1ccc(OCc2ccccc2)cc1)NC(=O)CN. The predicted octanol–water partition coefficient (Wildman–Crippen LogP) is 4.60. The summed E-state index contributed by atoms with van der Waals surface area (Å²) in [5.41, 5.74) is 7.68. The summed E-state index contributed by atoms with van der Waals surface area (Å²) in [6.45, 7) is 13.1. The Morgan fingerprint density at radius 3 is 2.19 bits per heavy atom. The van der Waals surface area contributed by atoms with E-state index in [0.29, 0.717) is 13.0 Å². The molecule has 2 atom stereocenters. The lowest BCUT2D eigenvalue weighted by molar-refractivity contribution is -0.145. The monoisotopic (exact) mass is 514 g/mol. The summed E-state index contributed by atoms with van der Waals surface area (Å²) in [5, 5.41) is 2.92. The van der Waals surface area contributed by atoms with E-state index in [9.17, 15) is 9.59 Å². The molecule has 2 aromatic carbocycles. The molecular formula is C28H42N2O5Si. The van der Waals surface area contributed by atoms with Gasteiger partial charge in [0.15, 0.2) is 8.32 Å². The van der Waals surface area contributed by atoms with Crippen LogP contribution in [0.2, 0.25) is 18.1 Å². The lowest BCUT2D eigenvalue weighted by Gasteiger charge is -2.41. The zero-order chi connectivity index (χ0) is 26.8. The van der Waals surface area contributed by atoms with E-state index in [1.54, 1.807) is 6.92 Å². The minimum absolute atomic E-state index is 0.0497. The van der Waals surface area contributed by atoms with Crippen LogP contribution in [-0.4, -0.2) is 45.5 Å². The Hall–Kier alpha value is -2.68. The van der Waals surface area contributed by atoms with Crippen molar-refractivity contribution in [2.24, 2.45) is 5.73 Å². The zero-order valence-electron chi connectivity index (χ0n) is 22.5. The zero-order valence-corrected chi connectivity index (χ0v) is 23.5. The highest BCUT2D eigenvalue weighted by Gasteiger charge is 2.41. The number of amides is 1. The molecule has 0 radical (unpaired) electrons. The average molecular weight is 515 g/mol. The van der Waals surface area contributed by atoms with E-state index in [2.05, 4.69) is 39.2 Å². The number of nitrogens with one attached hydrogen (secondary N) is 1. The molecule has 2 aromatic rings. The van der Waals surface area contributed by atoms with Crippen LogP contribution in [0.15, 0.2) is 54.6 Å². The molecule has 0 bridgehead atoms. The number of ether oxygens (including phenoxy) is 2. The number of carbonyl (C=O) groups is 2. The molecule has 0 saturated carbocycles. The number of hydrogen-bond acceptors (Lipinski definition) is 6. The third kappa shape index (κ3) is 9.41. The van der Waals surface area contributed by atoms with Crippen molar-refractivity contribution in [3.8, 4) is 5.75 Å². The molecule has 0 spiro atoms. The van der Waals surface area contributed by atoms with Crippen LogP contribution in [0.5, 0.6) is 5.75 Å². The molecule has 1 amide bonds. The third-order valence-electron chi connectivity index (χ3n) is 6.53. The van der Waals surface area contributed by atoms with Crippen LogP contribution in [0, 0.1) is 0 Å². The van der Waals surface area contributed by atoms with E-state index in [1.807, 2.05) is 54.6 Å². The second-order valence-electron chi connectivity index (χ2n) is 10.4. The Bertz CT molecular complexity index is 958. The van der Waals surface area contributed by atoms with Gasteiger partial charge in [0.1, 0.15) is 12.4 Å². The van der Waals surface area contributed by atoms with Gasteiger partial charge in [0.25, 0.3) is 0 Å². The van der Waals surface area contributed by atoms with E-state index in [-0.39, 0.29) is 36.5 Å². The lowest BCUT2D eigenvalue weighted by atomic mass is 9.99. The molecule has 0 fully saturated rings. The Kier molecular flexibility index (Phi) is 11.1. The van der Waals surface area contributed by atoms with Crippen molar-refractivity contribution in [1.29, 1.82) is 0 Å². The molecule has 2 rings (SSSR count). The molecule has 8 heteroatoms. The van der Waals surface area contributed by atoms with Crippen LogP contribution < -0.4 is 15.8 Å². The molecule has 0 saturated heterocycles. The van der Waals surface area contributed by atoms with E-state index in [4.69, 9.17) is 19.6 Å². The molecule has 0 aliphatic heterocycles. The first-order valence-electron chi connectivity index (χ1n) is 12.5. The number of carbonyl (C=O) groups excluding carboxylic acids is 2. The van der Waals surface area contributed by atoms with Gasteiger partial charge in [-0.1, -0.05) is 63.2 Å². The van der Waals surface area contributed by atoms with Crippen LogP contribution in [0.3, 0.4) is 0 Å². The highest BCUT2D eigenvalue weighted by molar-refractivity contribution is 6.74. The van der Waals surface area contributed by atoms with E-state index < -0.39 is 20.5 Å². The van der Waals surface area contributed by atoms with Gasteiger partial charge in [0.2, 0.25) is 5.91 Å². The molecule has 198 valence electrons. The largest absolute Gasteiger partial charge is 0.489 e.